The number of amides is 1. The van der Waals surface area contributed by atoms with Crippen molar-refractivity contribution >= 4 is 35.0 Å². The molecule has 0 fully saturated rings. The zero-order chi connectivity index (χ0) is 24.2. The molecule has 0 aromatic heterocycles. The van der Waals surface area contributed by atoms with Crippen molar-refractivity contribution in [3.63, 3.8) is 0 Å². The van der Waals surface area contributed by atoms with Gasteiger partial charge in [0.05, 0.1) is 6.16 Å². The molecule has 0 bridgehead atoms. The summed E-state index contributed by atoms with van der Waals surface area (Å²) in [6.07, 6.45) is 4.16. The Balaban J connectivity index is 0.00000432. The summed E-state index contributed by atoms with van der Waals surface area (Å²) in [4.78, 5) is 13.9. The lowest BCUT2D eigenvalue weighted by atomic mass is 10.2. The summed E-state index contributed by atoms with van der Waals surface area (Å²) in [5, 5.41) is 14.6. The number of carbonyl (C=O) groups is 1. The Morgan fingerprint density at radius 1 is 0.829 bits per heavy atom. The van der Waals surface area contributed by atoms with Gasteiger partial charge in [0.2, 0.25) is 5.91 Å². The van der Waals surface area contributed by atoms with Gasteiger partial charge < -0.3 is 32.9 Å². The number of unbranched alkanes of at least 4 members (excludes halogenated alkanes) is 1. The van der Waals surface area contributed by atoms with Crippen LogP contribution in [0, 0.1) is 5.41 Å². The van der Waals surface area contributed by atoms with Crippen LogP contribution in [0.2, 0.25) is 0 Å². The zero-order valence-corrected chi connectivity index (χ0v) is 22.8. The van der Waals surface area contributed by atoms with Gasteiger partial charge >= 0.3 is 0 Å². The molecule has 0 spiro atoms. The van der Waals surface area contributed by atoms with Crippen molar-refractivity contribution in [2.45, 2.75) is 25.7 Å². The lowest BCUT2D eigenvalue weighted by Crippen LogP contribution is -3.00. The Morgan fingerprint density at radius 3 is 1.71 bits per heavy atom. The summed E-state index contributed by atoms with van der Waals surface area (Å²) in [6, 6.07) is 32.7. The van der Waals surface area contributed by atoms with Gasteiger partial charge in [-0.15, -0.1) is 0 Å². The number of nitrogens with zero attached hydrogens (tertiary/aromatic N) is 1. The maximum absolute atomic E-state index is 12.2. The van der Waals surface area contributed by atoms with Gasteiger partial charge in [-0.05, 0) is 55.7 Å². The highest BCUT2D eigenvalue weighted by Gasteiger charge is 2.44. The molecule has 1 amide bonds. The van der Waals surface area contributed by atoms with E-state index in [1.165, 1.54) is 15.9 Å². The lowest BCUT2D eigenvalue weighted by molar-refractivity contribution is -0.121. The van der Waals surface area contributed by atoms with Crippen LogP contribution in [0.4, 0.5) is 0 Å². The van der Waals surface area contributed by atoms with Gasteiger partial charge in [-0.2, -0.15) is 0 Å². The van der Waals surface area contributed by atoms with E-state index in [0.29, 0.717) is 25.9 Å². The van der Waals surface area contributed by atoms with Crippen LogP contribution >= 0.6 is 7.26 Å². The van der Waals surface area contributed by atoms with E-state index in [4.69, 9.17) is 11.1 Å². The first-order valence-corrected chi connectivity index (χ1v) is 13.9. The van der Waals surface area contributed by atoms with Crippen LogP contribution in [-0.2, 0) is 4.79 Å². The fraction of sp³-hybridized carbons (Fsp3) is 0.286. The van der Waals surface area contributed by atoms with Crippen LogP contribution in [0.1, 0.15) is 25.7 Å². The van der Waals surface area contributed by atoms with Crippen molar-refractivity contribution in [2.24, 2.45) is 5.73 Å². The molecule has 7 heteroatoms. The molecule has 35 heavy (non-hydrogen) atoms. The van der Waals surface area contributed by atoms with Gasteiger partial charge in [0.15, 0.2) is 5.96 Å². The van der Waals surface area contributed by atoms with E-state index in [0.717, 1.165) is 19.0 Å². The molecular weight excluding hydrogens is 519 g/mol. The van der Waals surface area contributed by atoms with Gasteiger partial charge in [0, 0.05) is 26.6 Å². The van der Waals surface area contributed by atoms with Crippen LogP contribution < -0.4 is 43.9 Å². The van der Waals surface area contributed by atoms with Gasteiger partial charge in [-0.25, -0.2) is 0 Å². The van der Waals surface area contributed by atoms with Crippen LogP contribution in [0.25, 0.3) is 0 Å². The summed E-state index contributed by atoms with van der Waals surface area (Å²) in [6.45, 7) is 1.29. The molecule has 0 unspecified atom stereocenters. The Labute approximate surface area is 220 Å². The van der Waals surface area contributed by atoms with Crippen molar-refractivity contribution in [1.82, 2.24) is 10.2 Å². The molecule has 186 valence electrons. The molecule has 0 radical (unpaired) electrons. The summed E-state index contributed by atoms with van der Waals surface area (Å²) in [5.74, 6) is 0.0923. The summed E-state index contributed by atoms with van der Waals surface area (Å²) < 4.78 is 0. The number of halogens is 1. The molecule has 0 saturated carbocycles. The predicted molar refractivity (Wildman–Crippen MR) is 146 cm³/mol. The van der Waals surface area contributed by atoms with Crippen LogP contribution in [0.3, 0.4) is 0 Å². The van der Waals surface area contributed by atoms with E-state index in [1.54, 1.807) is 11.9 Å². The monoisotopic (exact) mass is 554 g/mol. The van der Waals surface area contributed by atoms with Crippen LogP contribution in [-0.4, -0.2) is 43.1 Å². The zero-order valence-electron chi connectivity index (χ0n) is 20.4. The fourth-order valence-electron chi connectivity index (χ4n) is 4.27. The maximum Gasteiger partial charge on any atom is 0.220 e. The predicted octanol–water partition coefficient (Wildman–Crippen LogP) is 0.486. The molecule has 3 rings (SSSR count). The first kappa shape index (κ1) is 28.5. The SMILES string of the molecule is CN(CCCC(=O)NCCCC[P+](c1ccccc1)(c1ccccc1)c1ccccc1)C(=N)N.[Br-]. The molecule has 0 heterocycles. The third kappa shape index (κ3) is 7.91. The molecule has 0 atom stereocenters. The molecule has 0 aliphatic heterocycles. The molecule has 3 aromatic carbocycles. The molecule has 0 aliphatic rings. The molecule has 0 aliphatic carbocycles. The van der Waals surface area contributed by atoms with Crippen molar-refractivity contribution in [3.8, 4) is 0 Å². The van der Waals surface area contributed by atoms with Gasteiger partial charge in [-0.3, -0.25) is 10.2 Å². The van der Waals surface area contributed by atoms with E-state index in [1.807, 2.05) is 0 Å². The second-order valence-corrected chi connectivity index (χ2v) is 12.1. The van der Waals surface area contributed by atoms with Gasteiger partial charge in [0.25, 0.3) is 0 Å². The molecule has 0 saturated heterocycles. The number of hydrogen-bond acceptors (Lipinski definition) is 2. The topological polar surface area (TPSA) is 82.2 Å². The molecule has 5 nitrogen and oxygen atoms in total. The Morgan fingerprint density at radius 2 is 1.29 bits per heavy atom. The maximum atomic E-state index is 12.2. The summed E-state index contributed by atoms with van der Waals surface area (Å²) in [5.41, 5.74) is 5.44. The van der Waals surface area contributed by atoms with Crippen molar-refractivity contribution in [1.29, 1.82) is 5.41 Å². The number of nitrogens with two attached hydrogens (primary N) is 1. The average Bonchev–Trinajstić information content (AvgIpc) is 2.88. The number of carbonyl (C=O) groups excluding carboxylic acids is 1. The average molecular weight is 556 g/mol. The number of guanidine groups is 1. The van der Waals surface area contributed by atoms with E-state index in [-0.39, 0.29) is 28.8 Å². The third-order valence-corrected chi connectivity index (χ3v) is 10.7. The third-order valence-electron chi connectivity index (χ3n) is 6.14. The fourth-order valence-corrected chi connectivity index (χ4v) is 8.68. The second kappa shape index (κ2) is 14.7. The highest BCUT2D eigenvalue weighted by molar-refractivity contribution is 7.95. The summed E-state index contributed by atoms with van der Waals surface area (Å²) in [7, 11) is -0.0398. The lowest BCUT2D eigenvalue weighted by Gasteiger charge is -2.27. The Kier molecular flexibility index (Phi) is 11.9. The molecular formula is C28H36BrN4OP. The standard InChI is InChI=1S/C28H35N4OP.BrH/c1-32(28(29)30)22-13-20-27(33)31-21-11-12-23-34(24-14-5-2-6-15-24,25-16-7-3-8-17-25)26-18-9-4-10-19-26;/h2-10,14-19H,11-13,20-23H2,1H3,(H3-,29,30,31,33);1H. The number of rotatable bonds is 12. The minimum Gasteiger partial charge on any atom is -1.00 e. The number of nitrogens with one attached hydrogen (secondary N) is 2. The minimum absolute atomic E-state index is 0. The highest BCUT2D eigenvalue weighted by Crippen LogP contribution is 2.55. The van der Waals surface area contributed by atoms with Crippen molar-refractivity contribution < 1.29 is 21.8 Å². The van der Waals surface area contributed by atoms with Crippen molar-refractivity contribution in [2.75, 3.05) is 26.3 Å². The van der Waals surface area contributed by atoms with Crippen LogP contribution in [0.15, 0.2) is 91.0 Å². The van der Waals surface area contributed by atoms with E-state index >= 15 is 0 Å². The van der Waals surface area contributed by atoms with Crippen LogP contribution in [0.5, 0.6) is 0 Å². The summed E-state index contributed by atoms with van der Waals surface area (Å²) >= 11 is 0. The first-order chi connectivity index (χ1) is 16.5. The number of hydrogen-bond donors (Lipinski definition) is 3. The van der Waals surface area contributed by atoms with Gasteiger partial charge in [-0.1, -0.05) is 54.6 Å². The molecule has 4 N–H and O–H groups in total. The highest BCUT2D eigenvalue weighted by atomic mass is 79.9. The largest absolute Gasteiger partial charge is 1.00 e. The van der Waals surface area contributed by atoms with Gasteiger partial charge in [0.1, 0.15) is 23.2 Å². The Hall–Kier alpha value is -2.69. The normalized spacial score (nSPS) is 10.8. The Bertz CT molecular complexity index is 938. The molecule has 3 aromatic rings. The first-order valence-electron chi connectivity index (χ1n) is 11.9. The number of benzene rings is 3. The second-order valence-electron chi connectivity index (χ2n) is 8.51. The van der Waals surface area contributed by atoms with E-state index in [2.05, 4.69) is 96.3 Å². The minimum atomic E-state index is -1.81. The quantitative estimate of drug-likeness (QED) is 0.132. The van der Waals surface area contributed by atoms with E-state index in [9.17, 15) is 4.79 Å². The smallest absolute Gasteiger partial charge is 0.220 e. The van der Waals surface area contributed by atoms with E-state index < -0.39 is 7.26 Å². The van der Waals surface area contributed by atoms with Crippen molar-refractivity contribution in [3.05, 3.63) is 91.0 Å².